The van der Waals surface area contributed by atoms with Crippen molar-refractivity contribution >= 4 is 34.8 Å². The zero-order valence-corrected chi connectivity index (χ0v) is 13.4. The van der Waals surface area contributed by atoms with Crippen LogP contribution in [0.5, 0.6) is 11.6 Å². The van der Waals surface area contributed by atoms with E-state index >= 15 is 0 Å². The third kappa shape index (κ3) is 3.79. The summed E-state index contributed by atoms with van der Waals surface area (Å²) in [6.45, 7) is 0.473. The molecule has 0 N–H and O–H groups in total. The zero-order valence-electron chi connectivity index (χ0n) is 11.1. The van der Waals surface area contributed by atoms with Crippen LogP contribution in [0.3, 0.4) is 0 Å². The Balaban J connectivity index is 1.80. The van der Waals surface area contributed by atoms with Crippen molar-refractivity contribution in [1.29, 1.82) is 0 Å². The summed E-state index contributed by atoms with van der Waals surface area (Å²) in [7, 11) is 0. The Morgan fingerprint density at radius 2 is 2.05 bits per heavy atom. The number of benzene rings is 1. The number of hydrogen-bond acceptors (Lipinski definition) is 4. The minimum absolute atomic E-state index is 0.186. The van der Waals surface area contributed by atoms with Crippen LogP contribution < -0.4 is 4.74 Å². The van der Waals surface area contributed by atoms with Crippen LogP contribution in [0.25, 0.3) is 0 Å². The summed E-state index contributed by atoms with van der Waals surface area (Å²) in [6, 6.07) is 7.17. The standard InChI is InChI=1S/C14H10Cl3FN2O2/c15-14(16,17)7-13(8-21-13)9-2-1-3-10(4-9)22-12-6-19-11(18)5-20-12/h1-6H,7-8H2. The van der Waals surface area contributed by atoms with E-state index in [1.54, 1.807) is 18.2 Å². The second-order valence-corrected chi connectivity index (χ2v) is 7.40. The third-order valence-corrected chi connectivity index (χ3v) is 3.56. The van der Waals surface area contributed by atoms with E-state index in [4.69, 9.17) is 44.3 Å². The average Bonchev–Trinajstić information content (AvgIpc) is 3.21. The summed E-state index contributed by atoms with van der Waals surface area (Å²) < 4.78 is 22.3. The fourth-order valence-corrected chi connectivity index (χ4v) is 2.75. The Morgan fingerprint density at radius 1 is 1.27 bits per heavy atom. The second kappa shape index (κ2) is 5.81. The van der Waals surface area contributed by atoms with Gasteiger partial charge in [-0.05, 0) is 17.7 Å². The molecular weight excluding hydrogens is 354 g/mol. The predicted molar refractivity (Wildman–Crippen MR) is 81.0 cm³/mol. The molecule has 1 saturated heterocycles. The molecule has 1 fully saturated rings. The number of nitrogens with zero attached hydrogens (tertiary/aromatic N) is 2. The van der Waals surface area contributed by atoms with Gasteiger partial charge in [-0.2, -0.15) is 4.39 Å². The fourth-order valence-electron chi connectivity index (χ4n) is 2.10. The first-order valence-electron chi connectivity index (χ1n) is 6.33. The Hall–Kier alpha value is -1.14. The molecule has 116 valence electrons. The van der Waals surface area contributed by atoms with Crippen LogP contribution in [-0.4, -0.2) is 20.4 Å². The molecule has 1 aliphatic heterocycles. The molecule has 0 bridgehead atoms. The van der Waals surface area contributed by atoms with Gasteiger partial charge in [-0.15, -0.1) is 0 Å². The van der Waals surface area contributed by atoms with Gasteiger partial charge in [0.2, 0.25) is 11.8 Å². The Labute approximate surface area is 141 Å². The maximum Gasteiger partial charge on any atom is 0.238 e. The Morgan fingerprint density at radius 3 is 2.64 bits per heavy atom. The topological polar surface area (TPSA) is 47.5 Å². The molecule has 0 saturated carbocycles. The molecule has 0 aliphatic carbocycles. The molecule has 1 aliphatic rings. The van der Waals surface area contributed by atoms with Gasteiger partial charge in [0.25, 0.3) is 0 Å². The molecule has 8 heteroatoms. The molecule has 1 aromatic heterocycles. The van der Waals surface area contributed by atoms with E-state index in [9.17, 15) is 4.39 Å². The number of alkyl halides is 3. The van der Waals surface area contributed by atoms with Crippen molar-refractivity contribution in [2.24, 2.45) is 0 Å². The normalized spacial score (nSPS) is 20.7. The van der Waals surface area contributed by atoms with E-state index in [1.807, 2.05) is 6.07 Å². The van der Waals surface area contributed by atoms with Crippen LogP contribution in [0.15, 0.2) is 36.7 Å². The molecule has 0 radical (unpaired) electrons. The van der Waals surface area contributed by atoms with Crippen molar-refractivity contribution in [3.63, 3.8) is 0 Å². The monoisotopic (exact) mass is 362 g/mol. The summed E-state index contributed by atoms with van der Waals surface area (Å²) in [5.74, 6) is 0.0254. The van der Waals surface area contributed by atoms with Gasteiger partial charge < -0.3 is 9.47 Å². The lowest BCUT2D eigenvalue weighted by Crippen LogP contribution is -2.18. The highest BCUT2D eigenvalue weighted by Gasteiger charge is 2.51. The van der Waals surface area contributed by atoms with Gasteiger partial charge in [0, 0.05) is 6.42 Å². The molecule has 3 rings (SSSR count). The van der Waals surface area contributed by atoms with Gasteiger partial charge >= 0.3 is 0 Å². The smallest absolute Gasteiger partial charge is 0.238 e. The molecule has 0 spiro atoms. The van der Waals surface area contributed by atoms with E-state index in [0.29, 0.717) is 12.4 Å². The molecular formula is C14H10Cl3FN2O2. The molecule has 2 aromatic rings. The number of hydrogen-bond donors (Lipinski definition) is 0. The third-order valence-electron chi connectivity index (χ3n) is 3.16. The molecule has 1 aromatic carbocycles. The van der Waals surface area contributed by atoms with Gasteiger partial charge in [0.1, 0.15) is 11.4 Å². The lowest BCUT2D eigenvalue weighted by atomic mass is 9.97. The van der Waals surface area contributed by atoms with E-state index < -0.39 is 15.3 Å². The highest BCUT2D eigenvalue weighted by molar-refractivity contribution is 6.67. The maximum atomic E-state index is 12.7. The molecule has 22 heavy (non-hydrogen) atoms. The fraction of sp³-hybridized carbons (Fsp3) is 0.286. The average molecular weight is 364 g/mol. The lowest BCUT2D eigenvalue weighted by Gasteiger charge is -2.18. The number of halogens is 4. The van der Waals surface area contributed by atoms with Gasteiger partial charge in [0.15, 0.2) is 3.79 Å². The summed E-state index contributed by atoms with van der Waals surface area (Å²) in [5.41, 5.74) is 0.227. The zero-order chi connectivity index (χ0) is 15.8. The minimum Gasteiger partial charge on any atom is -0.437 e. The van der Waals surface area contributed by atoms with Crippen molar-refractivity contribution < 1.29 is 13.9 Å². The summed E-state index contributed by atoms with van der Waals surface area (Å²) in [4.78, 5) is 7.26. The number of aromatic nitrogens is 2. The quantitative estimate of drug-likeness (QED) is 0.597. The molecule has 1 atom stereocenters. The van der Waals surface area contributed by atoms with Crippen molar-refractivity contribution in [2.75, 3.05) is 6.61 Å². The number of rotatable bonds is 4. The van der Waals surface area contributed by atoms with Gasteiger partial charge in [-0.3, -0.25) is 0 Å². The molecule has 1 unspecified atom stereocenters. The summed E-state index contributed by atoms with van der Waals surface area (Å²) >= 11 is 17.6. The van der Waals surface area contributed by atoms with Gasteiger partial charge in [-0.1, -0.05) is 46.9 Å². The van der Waals surface area contributed by atoms with Crippen molar-refractivity contribution in [3.05, 3.63) is 48.2 Å². The first-order valence-corrected chi connectivity index (χ1v) is 7.46. The highest BCUT2D eigenvalue weighted by Crippen LogP contribution is 2.50. The van der Waals surface area contributed by atoms with E-state index in [0.717, 1.165) is 11.8 Å². The van der Waals surface area contributed by atoms with Crippen LogP contribution in [0, 0.1) is 5.95 Å². The highest BCUT2D eigenvalue weighted by atomic mass is 35.6. The molecule has 0 amide bonds. The Kier molecular flexibility index (Phi) is 4.16. The van der Waals surface area contributed by atoms with E-state index in [-0.39, 0.29) is 12.3 Å². The van der Waals surface area contributed by atoms with Crippen LogP contribution >= 0.6 is 34.8 Å². The second-order valence-electron chi connectivity index (χ2n) is 4.88. The van der Waals surface area contributed by atoms with Crippen molar-refractivity contribution in [2.45, 2.75) is 15.8 Å². The summed E-state index contributed by atoms with van der Waals surface area (Å²) in [5, 5.41) is 0. The van der Waals surface area contributed by atoms with Crippen LogP contribution in [0.2, 0.25) is 0 Å². The number of epoxide rings is 1. The van der Waals surface area contributed by atoms with Crippen molar-refractivity contribution in [3.8, 4) is 11.6 Å². The maximum absolute atomic E-state index is 12.7. The largest absolute Gasteiger partial charge is 0.437 e. The van der Waals surface area contributed by atoms with Crippen molar-refractivity contribution in [1.82, 2.24) is 9.97 Å². The summed E-state index contributed by atoms with van der Waals surface area (Å²) in [6.07, 6.45) is 2.42. The van der Waals surface area contributed by atoms with E-state index in [1.165, 1.54) is 6.20 Å². The van der Waals surface area contributed by atoms with Crippen LogP contribution in [0.1, 0.15) is 12.0 Å². The van der Waals surface area contributed by atoms with Gasteiger partial charge in [0.05, 0.1) is 19.0 Å². The first-order chi connectivity index (χ1) is 10.4. The molecule has 2 heterocycles. The first kappa shape index (κ1) is 15.7. The predicted octanol–water partition coefficient (Wildman–Crippen LogP) is 4.39. The van der Waals surface area contributed by atoms with E-state index in [2.05, 4.69) is 9.97 Å². The van der Waals surface area contributed by atoms with Gasteiger partial charge in [-0.25, -0.2) is 9.97 Å². The SMILES string of the molecule is Fc1cnc(Oc2cccc(C3(CC(Cl)(Cl)Cl)CO3)c2)cn1. The van der Waals surface area contributed by atoms with Crippen LogP contribution in [0.4, 0.5) is 4.39 Å². The van der Waals surface area contributed by atoms with Crippen LogP contribution in [-0.2, 0) is 10.3 Å². The lowest BCUT2D eigenvalue weighted by molar-refractivity contribution is 0.294. The minimum atomic E-state index is -1.41. The number of ether oxygens (including phenoxy) is 2. The molecule has 4 nitrogen and oxygen atoms in total. The Bertz CT molecular complexity index is 673.